The Morgan fingerprint density at radius 3 is 2.62 bits per heavy atom. The van der Waals surface area contributed by atoms with Gasteiger partial charge in [0.05, 0.1) is 11.9 Å². The van der Waals surface area contributed by atoms with Crippen molar-refractivity contribution in [1.29, 1.82) is 0 Å². The number of phenols is 1. The molecule has 2 atom stereocenters. The maximum absolute atomic E-state index is 14.5. The van der Waals surface area contributed by atoms with Crippen LogP contribution >= 0.6 is 0 Å². The minimum absolute atomic E-state index is 0.0530. The van der Waals surface area contributed by atoms with Crippen LogP contribution in [-0.2, 0) is 0 Å². The molecule has 29 heavy (non-hydrogen) atoms. The fraction of sp³-hybridized carbons (Fsp3) is 0.381. The fourth-order valence-electron chi connectivity index (χ4n) is 4.55. The van der Waals surface area contributed by atoms with Crippen molar-refractivity contribution in [2.75, 3.05) is 11.9 Å². The number of piperidine rings is 1. The number of phenolic OH excluding ortho intramolecular Hbond substituents is 1. The van der Waals surface area contributed by atoms with Gasteiger partial charge in [-0.15, -0.1) is 10.2 Å². The summed E-state index contributed by atoms with van der Waals surface area (Å²) in [4.78, 5) is 0. The van der Waals surface area contributed by atoms with Crippen LogP contribution in [0.25, 0.3) is 22.4 Å². The van der Waals surface area contributed by atoms with Gasteiger partial charge in [0.2, 0.25) is 0 Å². The van der Waals surface area contributed by atoms with Gasteiger partial charge in [-0.1, -0.05) is 0 Å². The van der Waals surface area contributed by atoms with Crippen LogP contribution < -0.4 is 10.6 Å². The molecule has 2 aliphatic rings. The molecule has 0 radical (unpaired) electrons. The lowest BCUT2D eigenvalue weighted by Gasteiger charge is -2.29. The molecule has 2 unspecified atom stereocenters. The topological polar surface area (TPSA) is 98.8 Å². The summed E-state index contributed by atoms with van der Waals surface area (Å²) in [7, 11) is 0. The molecular weight excluding hydrogens is 371 g/mol. The minimum Gasteiger partial charge on any atom is -0.507 e. The number of benzene rings is 1. The van der Waals surface area contributed by atoms with Crippen LogP contribution in [0.3, 0.4) is 0 Å². The Balaban J connectivity index is 1.28. The van der Waals surface area contributed by atoms with Crippen molar-refractivity contribution >= 4 is 5.82 Å². The molecule has 4 N–H and O–H groups in total. The van der Waals surface area contributed by atoms with E-state index in [0.29, 0.717) is 40.6 Å². The number of nitrogens with one attached hydrogen (secondary N) is 3. The Labute approximate surface area is 167 Å². The van der Waals surface area contributed by atoms with Crippen molar-refractivity contribution in [2.24, 2.45) is 5.92 Å². The number of H-pyrrole nitrogens is 1. The molecule has 0 saturated carbocycles. The van der Waals surface area contributed by atoms with E-state index in [1.54, 1.807) is 12.3 Å². The van der Waals surface area contributed by atoms with Crippen LogP contribution in [-0.4, -0.2) is 44.1 Å². The first kappa shape index (κ1) is 18.1. The van der Waals surface area contributed by atoms with E-state index in [1.165, 1.54) is 44.0 Å². The van der Waals surface area contributed by atoms with Crippen LogP contribution in [0.15, 0.2) is 36.7 Å². The summed E-state index contributed by atoms with van der Waals surface area (Å²) in [5.74, 6) is 0.824. The summed E-state index contributed by atoms with van der Waals surface area (Å²) in [6, 6.07) is 7.55. The van der Waals surface area contributed by atoms with E-state index < -0.39 is 5.82 Å². The third-order valence-electron chi connectivity index (χ3n) is 5.98. The zero-order chi connectivity index (χ0) is 19.8. The standard InChI is InChI=1S/C21H23FN6O/c22-18-7-17(20(29)8-16(18)13-10-24-25-11-13)19-3-4-21(28-27-19)23-9-12-5-14-1-2-15(6-12)26-14/h3-4,7-8,10-12,14-15,26,29H,1-2,5-6,9H2,(H,23,28)(H,24,25). The maximum Gasteiger partial charge on any atom is 0.148 e. The normalized spacial score (nSPS) is 23.3. The Hall–Kier alpha value is -3.00. The molecule has 1 aromatic carbocycles. The molecule has 7 nitrogen and oxygen atoms in total. The number of aromatic hydroxyl groups is 1. The Bertz CT molecular complexity index is 979. The number of aromatic nitrogens is 4. The van der Waals surface area contributed by atoms with Crippen molar-refractivity contribution in [3.63, 3.8) is 0 Å². The van der Waals surface area contributed by atoms with Gasteiger partial charge in [-0.2, -0.15) is 5.10 Å². The van der Waals surface area contributed by atoms with Crippen molar-refractivity contribution in [2.45, 2.75) is 37.8 Å². The average Bonchev–Trinajstić information content (AvgIpc) is 3.38. The summed E-state index contributed by atoms with van der Waals surface area (Å²) >= 11 is 0. The van der Waals surface area contributed by atoms with E-state index in [2.05, 4.69) is 31.0 Å². The maximum atomic E-state index is 14.5. The third kappa shape index (κ3) is 3.67. The van der Waals surface area contributed by atoms with Gasteiger partial charge < -0.3 is 15.7 Å². The summed E-state index contributed by atoms with van der Waals surface area (Å²) in [6.45, 7) is 0.877. The SMILES string of the molecule is Oc1cc(-c2cn[nH]c2)c(F)cc1-c1ccc(NCC2CC3CCC(C2)N3)nn1. The average molecular weight is 394 g/mol. The highest BCUT2D eigenvalue weighted by Crippen LogP contribution is 2.35. The van der Waals surface area contributed by atoms with Crippen molar-refractivity contribution in [3.8, 4) is 28.1 Å². The Morgan fingerprint density at radius 1 is 1.10 bits per heavy atom. The highest BCUT2D eigenvalue weighted by molar-refractivity contribution is 5.74. The number of aromatic amines is 1. The molecule has 150 valence electrons. The second-order valence-corrected chi connectivity index (χ2v) is 8.00. The first-order valence-electron chi connectivity index (χ1n) is 10.0. The van der Waals surface area contributed by atoms with E-state index >= 15 is 0 Å². The Kier molecular flexibility index (Phi) is 4.63. The van der Waals surface area contributed by atoms with Gasteiger partial charge in [-0.05, 0) is 55.9 Å². The molecule has 4 heterocycles. The molecule has 2 aromatic heterocycles. The summed E-state index contributed by atoms with van der Waals surface area (Å²) in [6.07, 6.45) is 8.05. The van der Waals surface area contributed by atoms with Gasteiger partial charge in [-0.3, -0.25) is 5.10 Å². The van der Waals surface area contributed by atoms with Gasteiger partial charge in [0.1, 0.15) is 17.4 Å². The smallest absolute Gasteiger partial charge is 0.148 e. The second kappa shape index (κ2) is 7.44. The first-order chi connectivity index (χ1) is 14.2. The van der Waals surface area contributed by atoms with E-state index in [9.17, 15) is 9.50 Å². The van der Waals surface area contributed by atoms with E-state index in [0.717, 1.165) is 6.54 Å². The zero-order valence-corrected chi connectivity index (χ0v) is 15.9. The van der Waals surface area contributed by atoms with E-state index in [-0.39, 0.29) is 11.3 Å². The number of anilines is 1. The lowest BCUT2D eigenvalue weighted by Crippen LogP contribution is -2.40. The monoisotopic (exact) mass is 394 g/mol. The number of rotatable bonds is 5. The minimum atomic E-state index is -0.455. The quantitative estimate of drug-likeness (QED) is 0.530. The number of hydrogen-bond acceptors (Lipinski definition) is 6. The predicted molar refractivity (Wildman–Crippen MR) is 108 cm³/mol. The lowest BCUT2D eigenvalue weighted by atomic mass is 9.92. The molecule has 2 fully saturated rings. The fourth-order valence-corrected chi connectivity index (χ4v) is 4.55. The molecular formula is C21H23FN6O. The molecule has 2 saturated heterocycles. The highest BCUT2D eigenvalue weighted by Gasteiger charge is 2.33. The van der Waals surface area contributed by atoms with E-state index in [4.69, 9.17) is 0 Å². The van der Waals surface area contributed by atoms with Crippen LogP contribution in [0.1, 0.15) is 25.7 Å². The summed E-state index contributed by atoms with van der Waals surface area (Å²) < 4.78 is 14.5. The molecule has 2 aliphatic heterocycles. The lowest BCUT2D eigenvalue weighted by molar-refractivity contribution is 0.311. The van der Waals surface area contributed by atoms with Gasteiger partial charge in [0.15, 0.2) is 0 Å². The molecule has 0 aliphatic carbocycles. The molecule has 0 amide bonds. The van der Waals surface area contributed by atoms with Gasteiger partial charge in [0, 0.05) is 41.5 Å². The highest BCUT2D eigenvalue weighted by atomic mass is 19.1. The van der Waals surface area contributed by atoms with Crippen molar-refractivity contribution < 1.29 is 9.50 Å². The van der Waals surface area contributed by atoms with Crippen LogP contribution in [0.4, 0.5) is 10.2 Å². The van der Waals surface area contributed by atoms with Crippen LogP contribution in [0.5, 0.6) is 5.75 Å². The molecule has 8 heteroatoms. The molecule has 0 spiro atoms. The van der Waals surface area contributed by atoms with Crippen molar-refractivity contribution in [3.05, 3.63) is 42.5 Å². The van der Waals surface area contributed by atoms with E-state index in [1.807, 2.05) is 6.07 Å². The summed E-state index contributed by atoms with van der Waals surface area (Å²) in [5.41, 5.74) is 1.58. The van der Waals surface area contributed by atoms with Crippen LogP contribution in [0.2, 0.25) is 0 Å². The zero-order valence-electron chi connectivity index (χ0n) is 15.9. The number of fused-ring (bicyclic) bond motifs is 2. The third-order valence-corrected chi connectivity index (χ3v) is 5.98. The number of halogens is 1. The Morgan fingerprint density at radius 2 is 1.93 bits per heavy atom. The summed E-state index contributed by atoms with van der Waals surface area (Å²) in [5, 5.41) is 32.2. The first-order valence-corrected chi connectivity index (χ1v) is 10.0. The van der Waals surface area contributed by atoms with Gasteiger partial charge in [-0.25, -0.2) is 4.39 Å². The van der Waals surface area contributed by atoms with Gasteiger partial charge in [0.25, 0.3) is 0 Å². The molecule has 3 aromatic rings. The second-order valence-electron chi connectivity index (χ2n) is 8.00. The number of hydrogen-bond donors (Lipinski definition) is 4. The predicted octanol–water partition coefficient (Wildman–Crippen LogP) is 3.32. The van der Waals surface area contributed by atoms with Crippen molar-refractivity contribution in [1.82, 2.24) is 25.7 Å². The number of nitrogens with zero attached hydrogens (tertiary/aromatic N) is 3. The van der Waals surface area contributed by atoms with Crippen LogP contribution in [0, 0.1) is 11.7 Å². The largest absolute Gasteiger partial charge is 0.507 e. The molecule has 2 bridgehead atoms. The molecule has 5 rings (SSSR count). The van der Waals surface area contributed by atoms with Gasteiger partial charge >= 0.3 is 0 Å².